The number of hydrogen-bond donors (Lipinski definition) is 0. The first-order valence-corrected chi connectivity index (χ1v) is 13.2. The van der Waals surface area contributed by atoms with Crippen LogP contribution in [0.3, 0.4) is 0 Å². The van der Waals surface area contributed by atoms with Crippen LogP contribution in [0.1, 0.15) is 79.3 Å². The predicted octanol–water partition coefficient (Wildman–Crippen LogP) is 8.67. The first kappa shape index (κ1) is 27.7. The number of carbonyl (C=O) groups is 1. The van der Waals surface area contributed by atoms with E-state index in [1.54, 1.807) is 24.3 Å². The second kappa shape index (κ2) is 12.5. The largest absolute Gasteiger partial charge is 0.490 e. The molecule has 0 bridgehead atoms. The van der Waals surface area contributed by atoms with E-state index in [-0.39, 0.29) is 23.8 Å². The number of benzene rings is 3. The van der Waals surface area contributed by atoms with Crippen LogP contribution in [0.25, 0.3) is 11.1 Å². The van der Waals surface area contributed by atoms with Gasteiger partial charge in [0, 0.05) is 5.56 Å². The van der Waals surface area contributed by atoms with E-state index < -0.39 is 40.9 Å². The number of aryl methyl sites for hydroxylation is 1. The summed E-state index contributed by atoms with van der Waals surface area (Å²) in [4.78, 5) is 12.6. The normalized spacial score (nSPS) is 17.3. The third-order valence-corrected chi connectivity index (χ3v) is 7.13. The molecule has 4 rings (SSSR count). The summed E-state index contributed by atoms with van der Waals surface area (Å²) in [6.07, 6.45) is 3.83. The highest BCUT2D eigenvalue weighted by Gasteiger charge is 2.30. The summed E-state index contributed by atoms with van der Waals surface area (Å²) in [7, 11) is 0. The van der Waals surface area contributed by atoms with Crippen LogP contribution in [0.5, 0.6) is 5.75 Å². The first-order chi connectivity index (χ1) is 18.3. The van der Waals surface area contributed by atoms with E-state index >= 15 is 4.39 Å². The number of esters is 1. The van der Waals surface area contributed by atoms with Gasteiger partial charge in [-0.15, -0.1) is 0 Å². The summed E-state index contributed by atoms with van der Waals surface area (Å²) < 4.78 is 69.6. The summed E-state index contributed by atoms with van der Waals surface area (Å²) in [6, 6.07) is 12.8. The van der Waals surface area contributed by atoms with Crippen LogP contribution in [0, 0.1) is 30.2 Å². The maximum Gasteiger partial charge on any atom is 0.341 e. The topological polar surface area (TPSA) is 35.5 Å². The Labute approximate surface area is 220 Å². The predicted molar refractivity (Wildman–Crippen MR) is 138 cm³/mol. The highest BCUT2D eigenvalue weighted by Crippen LogP contribution is 2.38. The molecule has 0 aliphatic heterocycles. The molecule has 1 aliphatic carbocycles. The van der Waals surface area contributed by atoms with Gasteiger partial charge >= 0.3 is 5.97 Å². The Kier molecular flexibility index (Phi) is 9.08. The van der Waals surface area contributed by atoms with Crippen molar-refractivity contribution in [3.8, 4) is 16.9 Å². The quantitative estimate of drug-likeness (QED) is 0.158. The Morgan fingerprint density at radius 2 is 1.53 bits per heavy atom. The molecule has 0 unspecified atom stereocenters. The summed E-state index contributed by atoms with van der Waals surface area (Å²) in [6.45, 7) is 4.21. The molecule has 0 saturated heterocycles. The smallest absolute Gasteiger partial charge is 0.341 e. The monoisotopic (exact) mass is 528 g/mol. The lowest BCUT2D eigenvalue weighted by Crippen LogP contribution is -2.25. The minimum atomic E-state index is -1.30. The summed E-state index contributed by atoms with van der Waals surface area (Å²) in [5.74, 6) is -5.69. The fraction of sp³-hybridized carbons (Fsp3) is 0.387. The van der Waals surface area contributed by atoms with Crippen LogP contribution in [-0.4, -0.2) is 18.7 Å². The zero-order chi connectivity index (χ0) is 27.2. The lowest BCUT2D eigenvalue weighted by atomic mass is 9.82. The van der Waals surface area contributed by atoms with Crippen LogP contribution in [0.4, 0.5) is 17.6 Å². The lowest BCUT2D eigenvalue weighted by molar-refractivity contribution is 0.0188. The Morgan fingerprint density at radius 1 is 0.816 bits per heavy atom. The average Bonchev–Trinajstić information content (AvgIpc) is 2.91. The molecule has 0 N–H and O–H groups in total. The number of rotatable bonds is 9. The molecule has 7 heteroatoms. The Balaban J connectivity index is 1.36. The number of hydrogen-bond acceptors (Lipinski definition) is 3. The molecule has 0 amide bonds. The van der Waals surface area contributed by atoms with Gasteiger partial charge in [0.15, 0.2) is 23.2 Å². The highest BCUT2D eigenvalue weighted by molar-refractivity contribution is 5.90. The molecule has 3 aromatic rings. The molecule has 0 atom stereocenters. The van der Waals surface area contributed by atoms with E-state index in [9.17, 15) is 18.0 Å². The molecule has 202 valence electrons. The number of ether oxygens (including phenoxy) is 2. The molecule has 0 heterocycles. The molecule has 3 aromatic carbocycles. The third kappa shape index (κ3) is 6.20. The van der Waals surface area contributed by atoms with Crippen molar-refractivity contribution in [2.24, 2.45) is 0 Å². The number of unbranched alkanes of at least 4 members (excludes halogenated alkanes) is 2. The SMILES string of the molecule is CCCCCOc1ccc(C(=O)OC2CCC(c3ccc(-c4ccc(C)cc4)c(F)c3F)CC2)c(F)c1F. The minimum Gasteiger partial charge on any atom is -0.490 e. The van der Waals surface area contributed by atoms with Crippen molar-refractivity contribution in [1.82, 2.24) is 0 Å². The fourth-order valence-corrected chi connectivity index (χ4v) is 4.88. The Morgan fingerprint density at radius 3 is 2.21 bits per heavy atom. The standard InChI is InChI=1S/C31H32F4O3/c1-3-4-5-18-37-26-17-16-25(29(34)30(26)35)31(36)38-22-12-10-21(11-13-22)24-15-14-23(27(32)28(24)33)20-8-6-19(2)7-9-20/h6-9,14-17,21-22H,3-5,10-13,18H2,1-2H3. The summed E-state index contributed by atoms with van der Waals surface area (Å²) >= 11 is 0. The molecule has 3 nitrogen and oxygen atoms in total. The molecule has 0 spiro atoms. The molecule has 1 saturated carbocycles. The van der Waals surface area contributed by atoms with Crippen molar-refractivity contribution < 1.29 is 31.8 Å². The summed E-state index contributed by atoms with van der Waals surface area (Å²) in [5, 5.41) is 0. The van der Waals surface area contributed by atoms with Gasteiger partial charge in [-0.05, 0) is 68.2 Å². The molecule has 0 radical (unpaired) electrons. The molecule has 1 fully saturated rings. The van der Waals surface area contributed by atoms with Crippen molar-refractivity contribution in [2.75, 3.05) is 6.61 Å². The van der Waals surface area contributed by atoms with E-state index in [1.807, 2.05) is 26.0 Å². The number of carbonyl (C=O) groups excluding carboxylic acids is 1. The van der Waals surface area contributed by atoms with Crippen LogP contribution in [0.15, 0.2) is 48.5 Å². The Bertz CT molecular complexity index is 1270. The van der Waals surface area contributed by atoms with Gasteiger partial charge < -0.3 is 9.47 Å². The van der Waals surface area contributed by atoms with E-state index in [0.717, 1.165) is 30.9 Å². The van der Waals surface area contributed by atoms with Gasteiger partial charge in [-0.1, -0.05) is 61.7 Å². The van der Waals surface area contributed by atoms with Crippen molar-refractivity contribution in [2.45, 2.75) is 70.8 Å². The summed E-state index contributed by atoms with van der Waals surface area (Å²) in [5.41, 5.74) is 1.64. The van der Waals surface area contributed by atoms with Gasteiger partial charge in [-0.3, -0.25) is 0 Å². The van der Waals surface area contributed by atoms with Crippen molar-refractivity contribution in [3.63, 3.8) is 0 Å². The van der Waals surface area contributed by atoms with Gasteiger partial charge in [0.1, 0.15) is 6.10 Å². The van der Waals surface area contributed by atoms with Gasteiger partial charge in [0.05, 0.1) is 12.2 Å². The van der Waals surface area contributed by atoms with Gasteiger partial charge in [-0.2, -0.15) is 4.39 Å². The van der Waals surface area contributed by atoms with Crippen LogP contribution < -0.4 is 4.74 Å². The van der Waals surface area contributed by atoms with Crippen molar-refractivity contribution >= 4 is 5.97 Å². The minimum absolute atomic E-state index is 0.209. The lowest BCUT2D eigenvalue weighted by Gasteiger charge is -2.29. The van der Waals surface area contributed by atoms with Gasteiger partial charge in [-0.25, -0.2) is 18.0 Å². The first-order valence-electron chi connectivity index (χ1n) is 13.2. The van der Waals surface area contributed by atoms with Crippen LogP contribution in [-0.2, 0) is 4.74 Å². The fourth-order valence-electron chi connectivity index (χ4n) is 4.88. The number of halogens is 4. The molecule has 0 aromatic heterocycles. The van der Waals surface area contributed by atoms with Crippen molar-refractivity contribution in [1.29, 1.82) is 0 Å². The maximum absolute atomic E-state index is 15.0. The van der Waals surface area contributed by atoms with Crippen molar-refractivity contribution in [3.05, 3.63) is 88.5 Å². The second-order valence-corrected chi connectivity index (χ2v) is 9.87. The van der Waals surface area contributed by atoms with E-state index in [4.69, 9.17) is 9.47 Å². The van der Waals surface area contributed by atoms with E-state index in [1.165, 1.54) is 6.07 Å². The zero-order valence-electron chi connectivity index (χ0n) is 21.7. The highest BCUT2D eigenvalue weighted by atomic mass is 19.2. The van der Waals surface area contributed by atoms with Gasteiger partial charge in [0.25, 0.3) is 0 Å². The molecular formula is C31H32F4O3. The van der Waals surface area contributed by atoms with Gasteiger partial charge in [0.2, 0.25) is 5.82 Å². The Hall–Kier alpha value is -3.35. The van der Waals surface area contributed by atoms with E-state index in [0.29, 0.717) is 36.8 Å². The van der Waals surface area contributed by atoms with Crippen LogP contribution >= 0.6 is 0 Å². The van der Waals surface area contributed by atoms with Crippen LogP contribution in [0.2, 0.25) is 0 Å². The molecular weight excluding hydrogens is 496 g/mol. The maximum atomic E-state index is 15.0. The zero-order valence-corrected chi connectivity index (χ0v) is 21.7. The average molecular weight is 529 g/mol. The molecule has 1 aliphatic rings. The third-order valence-electron chi connectivity index (χ3n) is 7.13. The second-order valence-electron chi connectivity index (χ2n) is 9.87. The van der Waals surface area contributed by atoms with E-state index in [2.05, 4.69) is 0 Å². The molecule has 38 heavy (non-hydrogen) atoms.